The van der Waals surface area contributed by atoms with E-state index in [1.165, 1.54) is 12.3 Å². The van der Waals surface area contributed by atoms with Gasteiger partial charge in [-0.25, -0.2) is 5.43 Å². The van der Waals surface area contributed by atoms with Crippen LogP contribution in [0.15, 0.2) is 52.5 Å². The van der Waals surface area contributed by atoms with Crippen LogP contribution in [0.25, 0.3) is 0 Å². The number of carbonyl (C=O) groups excluding carboxylic acids is 1. The topological polar surface area (TPSA) is 84.6 Å². The van der Waals surface area contributed by atoms with Gasteiger partial charge in [0.15, 0.2) is 0 Å². The van der Waals surface area contributed by atoms with Gasteiger partial charge >= 0.3 is 0 Å². The van der Waals surface area contributed by atoms with Gasteiger partial charge in [0.05, 0.1) is 11.1 Å². The van der Waals surface area contributed by atoms with Gasteiger partial charge in [0.2, 0.25) is 5.91 Å². The maximum atomic E-state index is 11.7. The number of rotatable bonds is 7. The molecule has 8 heteroatoms. The van der Waals surface area contributed by atoms with Crippen LogP contribution >= 0.6 is 23.4 Å². The van der Waals surface area contributed by atoms with E-state index in [0.29, 0.717) is 28.3 Å². The smallest absolute Gasteiger partial charge is 0.272 e. The number of nitro groups is 1. The highest BCUT2D eigenvalue weighted by Crippen LogP contribution is 2.21. The molecule has 6 nitrogen and oxygen atoms in total. The van der Waals surface area contributed by atoms with Crippen molar-refractivity contribution in [1.29, 1.82) is 0 Å². The van der Waals surface area contributed by atoms with Crippen molar-refractivity contribution in [3.8, 4) is 0 Å². The second kappa shape index (κ2) is 9.19. The Bertz CT molecular complexity index is 794. The lowest BCUT2D eigenvalue weighted by atomic mass is 10.1. The molecule has 0 spiro atoms. The highest BCUT2D eigenvalue weighted by molar-refractivity contribution is 7.99. The van der Waals surface area contributed by atoms with E-state index in [0.717, 1.165) is 4.90 Å². The van der Waals surface area contributed by atoms with Crippen molar-refractivity contribution in [2.75, 3.05) is 5.75 Å². The molecule has 0 bridgehead atoms. The maximum absolute atomic E-state index is 11.7. The number of nitrogens with one attached hydrogen (secondary N) is 1. The third-order valence-corrected chi connectivity index (χ3v) is 4.51. The number of halogens is 1. The number of aryl methyl sites for hydroxylation is 1. The van der Waals surface area contributed by atoms with Crippen molar-refractivity contribution in [1.82, 2.24) is 5.43 Å². The molecule has 0 atom stereocenters. The first kappa shape index (κ1) is 19.0. The van der Waals surface area contributed by atoms with Crippen LogP contribution in [0.4, 0.5) is 5.69 Å². The average Bonchev–Trinajstić information content (AvgIpc) is 2.58. The highest BCUT2D eigenvalue weighted by Gasteiger charge is 2.10. The van der Waals surface area contributed by atoms with Crippen LogP contribution in [0.5, 0.6) is 0 Å². The van der Waals surface area contributed by atoms with Crippen LogP contribution in [0.3, 0.4) is 0 Å². The van der Waals surface area contributed by atoms with Crippen LogP contribution in [0.1, 0.15) is 17.5 Å². The fraction of sp³-hybridized carbons (Fsp3) is 0.176. The summed E-state index contributed by atoms with van der Waals surface area (Å²) in [6.45, 7) is 1.67. The molecule has 0 unspecified atom stereocenters. The van der Waals surface area contributed by atoms with E-state index in [2.05, 4.69) is 10.5 Å². The zero-order valence-electron chi connectivity index (χ0n) is 13.4. The fourth-order valence-electron chi connectivity index (χ4n) is 1.93. The molecule has 2 aromatic rings. The highest BCUT2D eigenvalue weighted by atomic mass is 35.5. The Kier molecular flexibility index (Phi) is 6.97. The fourth-order valence-corrected chi connectivity index (χ4v) is 2.91. The Morgan fingerprint density at radius 2 is 2.04 bits per heavy atom. The van der Waals surface area contributed by atoms with E-state index in [4.69, 9.17) is 11.6 Å². The molecular weight excluding hydrogens is 362 g/mol. The van der Waals surface area contributed by atoms with Crippen molar-refractivity contribution in [3.63, 3.8) is 0 Å². The molecule has 0 radical (unpaired) electrons. The molecule has 0 aliphatic heterocycles. The first-order valence-corrected chi connectivity index (χ1v) is 8.77. The van der Waals surface area contributed by atoms with E-state index in [-0.39, 0.29) is 11.6 Å². The molecule has 0 fully saturated rings. The maximum Gasteiger partial charge on any atom is 0.272 e. The number of hydrogen-bond acceptors (Lipinski definition) is 5. The lowest BCUT2D eigenvalue weighted by molar-refractivity contribution is -0.385. The number of amides is 1. The van der Waals surface area contributed by atoms with Crippen molar-refractivity contribution in [2.45, 2.75) is 18.2 Å². The zero-order chi connectivity index (χ0) is 18.2. The molecule has 0 aromatic heterocycles. The summed E-state index contributed by atoms with van der Waals surface area (Å²) in [6.07, 6.45) is 1.69. The summed E-state index contributed by atoms with van der Waals surface area (Å²) >= 11 is 7.36. The normalized spacial score (nSPS) is 10.8. The minimum Gasteiger partial charge on any atom is -0.273 e. The lowest BCUT2D eigenvalue weighted by Crippen LogP contribution is -2.17. The predicted octanol–water partition coefficient (Wildman–Crippen LogP) is 4.19. The Morgan fingerprint density at radius 1 is 1.32 bits per heavy atom. The van der Waals surface area contributed by atoms with Gasteiger partial charge in [-0.3, -0.25) is 14.9 Å². The molecule has 2 aromatic carbocycles. The van der Waals surface area contributed by atoms with Gasteiger partial charge in [0, 0.05) is 39.3 Å². The van der Waals surface area contributed by atoms with Gasteiger partial charge < -0.3 is 0 Å². The lowest BCUT2D eigenvalue weighted by Gasteiger charge is -2.02. The SMILES string of the molecule is Cc1ccc(/C=N/NC(=O)CCSc2ccc(Cl)cc2)cc1[N+](=O)[O-]. The van der Waals surface area contributed by atoms with Crippen LogP contribution in [-0.2, 0) is 4.79 Å². The van der Waals surface area contributed by atoms with Crippen LogP contribution in [0.2, 0.25) is 5.02 Å². The summed E-state index contributed by atoms with van der Waals surface area (Å²) in [5, 5.41) is 15.4. The molecule has 130 valence electrons. The standard InChI is InChI=1S/C17H16ClN3O3S/c1-12-2-3-13(10-16(12)21(23)24)11-19-20-17(22)8-9-25-15-6-4-14(18)5-7-15/h2-7,10-11H,8-9H2,1H3,(H,20,22)/b19-11+. The molecule has 0 heterocycles. The van der Waals surface area contributed by atoms with Gasteiger partial charge in [-0.15, -0.1) is 11.8 Å². The predicted molar refractivity (Wildman–Crippen MR) is 100 cm³/mol. The van der Waals surface area contributed by atoms with Gasteiger partial charge in [-0.05, 0) is 31.2 Å². The molecule has 0 saturated heterocycles. The molecule has 0 aliphatic rings. The number of hydrazone groups is 1. The van der Waals surface area contributed by atoms with Crippen LogP contribution in [0, 0.1) is 17.0 Å². The summed E-state index contributed by atoms with van der Waals surface area (Å²) in [5.41, 5.74) is 3.56. The molecular formula is C17H16ClN3O3S. The summed E-state index contributed by atoms with van der Waals surface area (Å²) in [7, 11) is 0. The van der Waals surface area contributed by atoms with E-state index >= 15 is 0 Å². The van der Waals surface area contributed by atoms with Crippen LogP contribution < -0.4 is 5.43 Å². The van der Waals surface area contributed by atoms with E-state index in [9.17, 15) is 14.9 Å². The summed E-state index contributed by atoms with van der Waals surface area (Å²) in [4.78, 5) is 23.2. The monoisotopic (exact) mass is 377 g/mol. The minimum absolute atomic E-state index is 0.0228. The second-order valence-electron chi connectivity index (χ2n) is 5.15. The van der Waals surface area contributed by atoms with Crippen molar-refractivity contribution < 1.29 is 9.72 Å². The Morgan fingerprint density at radius 3 is 2.72 bits per heavy atom. The number of nitro benzene ring substituents is 1. The van der Waals surface area contributed by atoms with Gasteiger partial charge in [-0.2, -0.15) is 5.10 Å². The second-order valence-corrected chi connectivity index (χ2v) is 6.75. The molecule has 0 aliphatic carbocycles. The Balaban J connectivity index is 1.79. The number of hydrogen-bond donors (Lipinski definition) is 1. The van der Waals surface area contributed by atoms with Crippen molar-refractivity contribution >= 4 is 41.2 Å². The first-order valence-electron chi connectivity index (χ1n) is 7.41. The Labute approximate surface area is 154 Å². The van der Waals surface area contributed by atoms with Crippen molar-refractivity contribution in [2.24, 2.45) is 5.10 Å². The number of nitrogens with zero attached hydrogens (tertiary/aromatic N) is 2. The van der Waals surface area contributed by atoms with E-state index < -0.39 is 4.92 Å². The van der Waals surface area contributed by atoms with E-state index in [1.54, 1.807) is 43.0 Å². The summed E-state index contributed by atoms with van der Waals surface area (Å²) in [5.74, 6) is 0.387. The summed E-state index contributed by atoms with van der Waals surface area (Å²) < 4.78 is 0. The molecule has 1 N–H and O–H groups in total. The van der Waals surface area contributed by atoms with E-state index in [1.807, 2.05) is 12.1 Å². The first-order chi connectivity index (χ1) is 12.0. The molecule has 0 saturated carbocycles. The number of thioether (sulfide) groups is 1. The zero-order valence-corrected chi connectivity index (χ0v) is 15.0. The number of benzene rings is 2. The summed E-state index contributed by atoms with van der Waals surface area (Å²) in [6, 6.07) is 12.2. The van der Waals surface area contributed by atoms with Gasteiger partial charge in [-0.1, -0.05) is 23.7 Å². The van der Waals surface area contributed by atoms with Gasteiger partial charge in [0.25, 0.3) is 5.69 Å². The third kappa shape index (κ3) is 6.21. The third-order valence-electron chi connectivity index (χ3n) is 3.24. The average molecular weight is 378 g/mol. The van der Waals surface area contributed by atoms with Crippen LogP contribution in [-0.4, -0.2) is 22.8 Å². The van der Waals surface area contributed by atoms with Crippen molar-refractivity contribution in [3.05, 3.63) is 68.7 Å². The molecule has 1 amide bonds. The quantitative estimate of drug-likeness (QED) is 0.339. The molecule has 2 rings (SSSR count). The molecule has 25 heavy (non-hydrogen) atoms. The number of carbonyl (C=O) groups is 1. The van der Waals surface area contributed by atoms with Gasteiger partial charge in [0.1, 0.15) is 0 Å². The minimum atomic E-state index is -0.445. The largest absolute Gasteiger partial charge is 0.273 e. The Hall–Kier alpha value is -2.38.